The number of nitrogens with one attached hydrogen (secondary N) is 1. The normalized spacial score (nSPS) is 17.5. The molecule has 1 N–H and O–H groups in total. The first kappa shape index (κ1) is 24.2. The molecule has 3 heterocycles. The zero-order chi connectivity index (χ0) is 25.4. The molecule has 0 radical (unpaired) electrons. The lowest BCUT2D eigenvalue weighted by Crippen LogP contribution is -2.44. The molecule has 1 aliphatic carbocycles. The Kier molecular flexibility index (Phi) is 6.42. The van der Waals surface area contributed by atoms with Crippen LogP contribution in [0.5, 0.6) is 5.75 Å². The van der Waals surface area contributed by atoms with Crippen LogP contribution in [0.2, 0.25) is 0 Å². The predicted octanol–water partition coefficient (Wildman–Crippen LogP) is 3.56. The van der Waals surface area contributed by atoms with E-state index >= 15 is 0 Å². The number of amides is 1. The van der Waals surface area contributed by atoms with Gasteiger partial charge in [-0.2, -0.15) is 0 Å². The lowest BCUT2D eigenvalue weighted by atomic mass is 9.94. The molecule has 0 unspecified atom stereocenters. The minimum atomic E-state index is -0.487. The Balaban J connectivity index is 1.61. The Bertz CT molecular complexity index is 1430. The molecule has 0 bridgehead atoms. The molecule has 1 saturated carbocycles. The van der Waals surface area contributed by atoms with E-state index in [1.165, 1.54) is 9.13 Å². The highest BCUT2D eigenvalue weighted by atomic mass is 16.5. The Labute approximate surface area is 209 Å². The average molecular weight is 493 g/mol. The number of benzene rings is 1. The van der Waals surface area contributed by atoms with E-state index < -0.39 is 11.3 Å². The molecule has 0 spiro atoms. The second kappa shape index (κ2) is 9.54. The van der Waals surface area contributed by atoms with Gasteiger partial charge in [-0.3, -0.25) is 18.7 Å². The SMILES string of the molecule is COc1cccc(NC(=O)Cn2c(=O)n(C3CCCCC3)c(=O)c3cc4c(nc32)CC(C)(C)OC4)c1. The third-order valence-electron chi connectivity index (χ3n) is 7.12. The van der Waals surface area contributed by atoms with E-state index in [-0.39, 0.29) is 29.7 Å². The van der Waals surface area contributed by atoms with Gasteiger partial charge in [-0.15, -0.1) is 0 Å². The second-order valence-electron chi connectivity index (χ2n) is 10.3. The molecule has 1 aliphatic heterocycles. The number of rotatable bonds is 5. The van der Waals surface area contributed by atoms with Crippen molar-refractivity contribution in [3.63, 3.8) is 0 Å². The van der Waals surface area contributed by atoms with Crippen molar-refractivity contribution in [1.82, 2.24) is 14.1 Å². The number of hydrogen-bond acceptors (Lipinski definition) is 6. The number of carbonyl (C=O) groups is 1. The van der Waals surface area contributed by atoms with Gasteiger partial charge >= 0.3 is 5.69 Å². The quantitative estimate of drug-likeness (QED) is 0.584. The number of fused-ring (bicyclic) bond motifs is 2. The van der Waals surface area contributed by atoms with Crippen molar-refractivity contribution in [1.29, 1.82) is 0 Å². The number of ether oxygens (including phenoxy) is 2. The molecular weight excluding hydrogens is 460 g/mol. The van der Waals surface area contributed by atoms with E-state index in [1.807, 2.05) is 13.8 Å². The molecule has 1 fully saturated rings. The van der Waals surface area contributed by atoms with Crippen LogP contribution < -0.4 is 21.3 Å². The van der Waals surface area contributed by atoms with Crippen LogP contribution in [0.1, 0.15) is 63.3 Å². The molecule has 2 aliphatic rings. The summed E-state index contributed by atoms with van der Waals surface area (Å²) in [6.07, 6.45) is 5.12. The van der Waals surface area contributed by atoms with Gasteiger partial charge < -0.3 is 14.8 Å². The zero-order valence-electron chi connectivity index (χ0n) is 21.0. The predicted molar refractivity (Wildman–Crippen MR) is 137 cm³/mol. The van der Waals surface area contributed by atoms with Gasteiger partial charge in [-0.25, -0.2) is 9.78 Å². The van der Waals surface area contributed by atoms with Gasteiger partial charge in [0.2, 0.25) is 5.91 Å². The first-order chi connectivity index (χ1) is 17.3. The average Bonchev–Trinajstić information content (AvgIpc) is 2.86. The van der Waals surface area contributed by atoms with Crippen LogP contribution >= 0.6 is 0 Å². The summed E-state index contributed by atoms with van der Waals surface area (Å²) in [7, 11) is 1.56. The molecule has 2 aromatic heterocycles. The summed E-state index contributed by atoms with van der Waals surface area (Å²) in [5, 5.41) is 3.18. The van der Waals surface area contributed by atoms with Crippen molar-refractivity contribution >= 4 is 22.6 Å². The van der Waals surface area contributed by atoms with E-state index in [9.17, 15) is 14.4 Å². The molecule has 0 atom stereocenters. The van der Waals surface area contributed by atoms with Gasteiger partial charge in [-0.1, -0.05) is 25.3 Å². The molecule has 1 aromatic carbocycles. The van der Waals surface area contributed by atoms with Crippen LogP contribution in [0.4, 0.5) is 5.69 Å². The number of nitrogens with zero attached hydrogens (tertiary/aromatic N) is 3. The summed E-state index contributed by atoms with van der Waals surface area (Å²) in [5.74, 6) is 0.225. The number of pyridine rings is 1. The number of methoxy groups -OCH3 is 1. The Morgan fingerprint density at radius 2 is 1.97 bits per heavy atom. The fourth-order valence-electron chi connectivity index (χ4n) is 5.24. The lowest BCUT2D eigenvalue weighted by molar-refractivity contribution is -0.116. The van der Waals surface area contributed by atoms with Gasteiger partial charge in [0.25, 0.3) is 5.56 Å². The van der Waals surface area contributed by atoms with Crippen molar-refractivity contribution < 1.29 is 14.3 Å². The van der Waals surface area contributed by atoms with Crippen molar-refractivity contribution in [3.05, 3.63) is 62.4 Å². The standard InChI is InChI=1S/C27H32N4O5/c1-27(2)14-22-17(16-36-27)12-21-24(29-22)30(15-23(32)28-18-8-7-11-20(13-18)35-3)26(34)31(25(21)33)19-9-5-4-6-10-19/h7-8,11-13,19H,4-6,9-10,14-16H2,1-3H3,(H,28,32). The minimum Gasteiger partial charge on any atom is -0.497 e. The summed E-state index contributed by atoms with van der Waals surface area (Å²) in [6, 6.07) is 8.63. The maximum absolute atomic E-state index is 13.7. The molecule has 190 valence electrons. The summed E-state index contributed by atoms with van der Waals surface area (Å²) < 4.78 is 13.9. The van der Waals surface area contributed by atoms with Crippen molar-refractivity contribution in [2.75, 3.05) is 12.4 Å². The van der Waals surface area contributed by atoms with Gasteiger partial charge in [0, 0.05) is 29.8 Å². The highest BCUT2D eigenvalue weighted by molar-refractivity contribution is 5.91. The molecule has 1 amide bonds. The summed E-state index contributed by atoms with van der Waals surface area (Å²) in [4.78, 5) is 45.2. The Morgan fingerprint density at radius 3 is 2.72 bits per heavy atom. The first-order valence-corrected chi connectivity index (χ1v) is 12.5. The molecule has 0 saturated heterocycles. The summed E-state index contributed by atoms with van der Waals surface area (Å²) >= 11 is 0. The Hall–Kier alpha value is -3.46. The van der Waals surface area contributed by atoms with Gasteiger partial charge in [0.05, 0.1) is 30.4 Å². The summed E-state index contributed by atoms with van der Waals surface area (Å²) in [6.45, 7) is 4.06. The molecule has 3 aromatic rings. The van der Waals surface area contributed by atoms with Crippen molar-refractivity contribution in [3.8, 4) is 5.75 Å². The largest absolute Gasteiger partial charge is 0.497 e. The van der Waals surface area contributed by atoms with Gasteiger partial charge in [-0.05, 0) is 44.9 Å². The van der Waals surface area contributed by atoms with Crippen LogP contribution in [0.15, 0.2) is 39.9 Å². The molecule has 9 heteroatoms. The van der Waals surface area contributed by atoms with Crippen LogP contribution in [0, 0.1) is 0 Å². The Morgan fingerprint density at radius 1 is 1.19 bits per heavy atom. The van der Waals surface area contributed by atoms with E-state index in [0.29, 0.717) is 29.9 Å². The number of anilines is 1. The fraction of sp³-hybridized carbons (Fsp3) is 0.481. The zero-order valence-corrected chi connectivity index (χ0v) is 21.0. The first-order valence-electron chi connectivity index (χ1n) is 12.5. The van der Waals surface area contributed by atoms with E-state index in [2.05, 4.69) is 5.32 Å². The molecule has 9 nitrogen and oxygen atoms in total. The van der Waals surface area contributed by atoms with Crippen molar-refractivity contribution in [2.24, 2.45) is 0 Å². The van der Waals surface area contributed by atoms with Gasteiger partial charge in [0.15, 0.2) is 0 Å². The second-order valence-corrected chi connectivity index (χ2v) is 10.3. The van der Waals surface area contributed by atoms with Crippen LogP contribution in [-0.4, -0.2) is 32.7 Å². The molecule has 5 rings (SSSR count). The molecular formula is C27H32N4O5. The third kappa shape index (κ3) is 4.67. The van der Waals surface area contributed by atoms with E-state index in [1.54, 1.807) is 37.4 Å². The van der Waals surface area contributed by atoms with Crippen LogP contribution in [0.3, 0.4) is 0 Å². The topological polar surface area (TPSA) is 104 Å². The maximum Gasteiger partial charge on any atom is 0.333 e. The lowest BCUT2D eigenvalue weighted by Gasteiger charge is -2.31. The molecule has 36 heavy (non-hydrogen) atoms. The van der Waals surface area contributed by atoms with Crippen molar-refractivity contribution in [2.45, 2.75) is 77.2 Å². The maximum atomic E-state index is 13.7. The number of carbonyl (C=O) groups excluding carboxylic acids is 1. The number of hydrogen-bond donors (Lipinski definition) is 1. The summed E-state index contributed by atoms with van der Waals surface area (Å²) in [5.41, 5.74) is 1.20. The highest BCUT2D eigenvalue weighted by Gasteiger charge is 2.30. The monoisotopic (exact) mass is 492 g/mol. The fourth-order valence-corrected chi connectivity index (χ4v) is 5.24. The van der Waals surface area contributed by atoms with Gasteiger partial charge in [0.1, 0.15) is 17.9 Å². The minimum absolute atomic E-state index is 0.179. The third-order valence-corrected chi connectivity index (χ3v) is 7.12. The van der Waals surface area contributed by atoms with Crippen LogP contribution in [0.25, 0.3) is 11.0 Å². The number of aromatic nitrogens is 3. The smallest absolute Gasteiger partial charge is 0.333 e. The van der Waals surface area contributed by atoms with Crippen LogP contribution in [-0.2, 0) is 29.1 Å². The highest BCUT2D eigenvalue weighted by Crippen LogP contribution is 2.29. The van der Waals surface area contributed by atoms with E-state index in [4.69, 9.17) is 14.5 Å². The van der Waals surface area contributed by atoms with E-state index in [0.717, 1.165) is 43.4 Å².